The molecule has 0 bridgehead atoms. The van der Waals surface area contributed by atoms with Gasteiger partial charge in [0.25, 0.3) is 5.91 Å². The van der Waals surface area contributed by atoms with Crippen molar-refractivity contribution in [2.75, 3.05) is 19.6 Å². The van der Waals surface area contributed by atoms with Gasteiger partial charge in [-0.1, -0.05) is 6.92 Å². The molecule has 2 heterocycles. The number of piperidine rings is 1. The van der Waals surface area contributed by atoms with Gasteiger partial charge in [-0.3, -0.25) is 4.79 Å². The monoisotopic (exact) mass is 387 g/mol. The maximum Gasteiger partial charge on any atom is 0.270 e. The molecule has 3 rings (SSSR count). The van der Waals surface area contributed by atoms with Gasteiger partial charge in [-0.2, -0.15) is 0 Å². The summed E-state index contributed by atoms with van der Waals surface area (Å²) >= 11 is 1.50. The van der Waals surface area contributed by atoms with E-state index >= 15 is 0 Å². The lowest BCUT2D eigenvalue weighted by atomic mass is 10.0. The molecule has 0 aliphatic carbocycles. The van der Waals surface area contributed by atoms with E-state index in [9.17, 15) is 4.79 Å². The van der Waals surface area contributed by atoms with Gasteiger partial charge in [-0.15, -0.1) is 11.3 Å². The highest BCUT2D eigenvalue weighted by molar-refractivity contribution is 7.13. The molecule has 6 heteroatoms. The van der Waals surface area contributed by atoms with E-state index in [-0.39, 0.29) is 18.1 Å². The number of carbonyl (C=O) groups excluding carboxylic acids is 1. The molecule has 0 saturated carbocycles. The topological polar surface area (TPSA) is 54.5 Å². The van der Waals surface area contributed by atoms with Crippen LogP contribution in [0.3, 0.4) is 0 Å². The van der Waals surface area contributed by atoms with Gasteiger partial charge in [0.2, 0.25) is 0 Å². The van der Waals surface area contributed by atoms with E-state index in [0.29, 0.717) is 5.69 Å². The Hall–Kier alpha value is -1.92. The Balaban J connectivity index is 1.56. The summed E-state index contributed by atoms with van der Waals surface area (Å²) in [6.45, 7) is 9.49. The second-order valence-corrected chi connectivity index (χ2v) is 8.18. The summed E-state index contributed by atoms with van der Waals surface area (Å²) in [6, 6.07) is 8.12. The number of likely N-dealkylation sites (tertiary alicyclic amines) is 1. The Labute approximate surface area is 165 Å². The van der Waals surface area contributed by atoms with E-state index in [4.69, 9.17) is 4.74 Å². The number of thiazole rings is 1. The Morgan fingerprint density at radius 3 is 2.63 bits per heavy atom. The van der Waals surface area contributed by atoms with Gasteiger partial charge in [0.1, 0.15) is 16.5 Å². The van der Waals surface area contributed by atoms with E-state index in [1.165, 1.54) is 17.8 Å². The first-order valence-corrected chi connectivity index (χ1v) is 10.7. The molecular weight excluding hydrogens is 358 g/mol. The lowest BCUT2D eigenvalue weighted by Gasteiger charge is -2.31. The summed E-state index contributed by atoms with van der Waals surface area (Å²) in [5, 5.41) is 5.85. The fraction of sp³-hybridized carbons (Fsp3) is 0.524. The number of nitrogens with zero attached hydrogens (tertiary/aromatic N) is 2. The SMILES string of the molecule is CCCN1CCC(NC(=O)c2csc(-c3ccc(OC(C)C)cc3)n2)CC1. The van der Waals surface area contributed by atoms with Crippen molar-refractivity contribution in [3.05, 3.63) is 35.3 Å². The predicted octanol–water partition coefficient (Wildman–Crippen LogP) is 4.20. The van der Waals surface area contributed by atoms with Gasteiger partial charge >= 0.3 is 0 Å². The van der Waals surface area contributed by atoms with E-state index in [0.717, 1.165) is 48.8 Å². The first-order valence-electron chi connectivity index (χ1n) is 9.81. The second-order valence-electron chi connectivity index (χ2n) is 7.32. The summed E-state index contributed by atoms with van der Waals surface area (Å²) in [7, 11) is 0. The molecular formula is C21H29N3O2S. The van der Waals surface area contributed by atoms with E-state index < -0.39 is 0 Å². The maximum absolute atomic E-state index is 12.5. The molecule has 146 valence electrons. The first-order chi connectivity index (χ1) is 13.0. The van der Waals surface area contributed by atoms with Crippen molar-refractivity contribution >= 4 is 17.2 Å². The minimum atomic E-state index is -0.0637. The zero-order valence-electron chi connectivity index (χ0n) is 16.4. The smallest absolute Gasteiger partial charge is 0.270 e. The molecule has 5 nitrogen and oxygen atoms in total. The lowest BCUT2D eigenvalue weighted by molar-refractivity contribution is 0.0907. The summed E-state index contributed by atoms with van der Waals surface area (Å²) in [6.07, 6.45) is 3.36. The molecule has 1 aliphatic rings. The normalized spacial score (nSPS) is 15.9. The van der Waals surface area contributed by atoms with Crippen LogP contribution in [0.5, 0.6) is 5.75 Å². The van der Waals surface area contributed by atoms with Gasteiger partial charge in [-0.25, -0.2) is 4.98 Å². The second kappa shape index (κ2) is 9.33. The number of carbonyl (C=O) groups is 1. The summed E-state index contributed by atoms with van der Waals surface area (Å²) < 4.78 is 5.67. The molecule has 0 spiro atoms. The van der Waals surface area contributed by atoms with Crippen LogP contribution in [0.2, 0.25) is 0 Å². The molecule has 0 radical (unpaired) electrons. The maximum atomic E-state index is 12.5. The quantitative estimate of drug-likeness (QED) is 0.773. The molecule has 1 amide bonds. The number of aromatic nitrogens is 1. The number of rotatable bonds is 7. The molecule has 1 saturated heterocycles. The fourth-order valence-corrected chi connectivity index (χ4v) is 4.14. The van der Waals surface area contributed by atoms with Crippen LogP contribution in [0.1, 0.15) is 50.5 Å². The van der Waals surface area contributed by atoms with Gasteiger partial charge in [0.15, 0.2) is 0 Å². The summed E-state index contributed by atoms with van der Waals surface area (Å²) in [5.41, 5.74) is 1.51. The number of benzene rings is 1. The summed E-state index contributed by atoms with van der Waals surface area (Å²) in [5.74, 6) is 0.781. The van der Waals surface area contributed by atoms with E-state index in [1.807, 2.05) is 43.5 Å². The zero-order valence-corrected chi connectivity index (χ0v) is 17.2. The van der Waals surface area contributed by atoms with Crippen LogP contribution in [-0.2, 0) is 0 Å². The highest BCUT2D eigenvalue weighted by Crippen LogP contribution is 2.26. The minimum Gasteiger partial charge on any atom is -0.491 e. The number of ether oxygens (including phenoxy) is 1. The van der Waals surface area contributed by atoms with Crippen molar-refractivity contribution in [2.45, 2.75) is 52.2 Å². The first kappa shape index (κ1) is 19.8. The van der Waals surface area contributed by atoms with Crippen LogP contribution in [0.4, 0.5) is 0 Å². The van der Waals surface area contributed by atoms with Crippen LogP contribution in [0.15, 0.2) is 29.6 Å². The third kappa shape index (κ3) is 5.53. The van der Waals surface area contributed by atoms with E-state index in [2.05, 4.69) is 22.1 Å². The van der Waals surface area contributed by atoms with Crippen LogP contribution in [0.25, 0.3) is 10.6 Å². The summed E-state index contributed by atoms with van der Waals surface area (Å²) in [4.78, 5) is 19.5. The molecule has 0 atom stereocenters. The highest BCUT2D eigenvalue weighted by atomic mass is 32.1. The van der Waals surface area contributed by atoms with Crippen LogP contribution >= 0.6 is 11.3 Å². The predicted molar refractivity (Wildman–Crippen MR) is 111 cm³/mol. The Morgan fingerprint density at radius 1 is 1.30 bits per heavy atom. The molecule has 27 heavy (non-hydrogen) atoms. The van der Waals surface area contributed by atoms with Crippen LogP contribution in [0, 0.1) is 0 Å². The lowest BCUT2D eigenvalue weighted by Crippen LogP contribution is -2.44. The number of nitrogens with one attached hydrogen (secondary N) is 1. The third-order valence-corrected chi connectivity index (χ3v) is 5.56. The molecule has 1 aromatic carbocycles. The number of amides is 1. The van der Waals surface area contributed by atoms with Crippen molar-refractivity contribution in [3.63, 3.8) is 0 Å². The third-order valence-electron chi connectivity index (χ3n) is 4.67. The average Bonchev–Trinajstić information content (AvgIpc) is 3.14. The molecule has 1 aliphatic heterocycles. The molecule has 1 N–H and O–H groups in total. The Kier molecular flexibility index (Phi) is 6.85. The Morgan fingerprint density at radius 2 is 2.00 bits per heavy atom. The van der Waals surface area contributed by atoms with Crippen molar-refractivity contribution < 1.29 is 9.53 Å². The Bertz CT molecular complexity index is 734. The number of hydrogen-bond acceptors (Lipinski definition) is 5. The van der Waals surface area contributed by atoms with Gasteiger partial charge in [-0.05, 0) is 63.9 Å². The standard InChI is InChI=1S/C21H29N3O2S/c1-4-11-24-12-9-17(10-13-24)22-20(25)19-14-27-21(23-19)16-5-7-18(8-6-16)26-15(2)3/h5-8,14-15,17H,4,9-13H2,1-3H3,(H,22,25). The largest absolute Gasteiger partial charge is 0.491 e. The van der Waals surface area contributed by atoms with Crippen molar-refractivity contribution in [2.24, 2.45) is 0 Å². The van der Waals surface area contributed by atoms with Crippen molar-refractivity contribution in [3.8, 4) is 16.3 Å². The van der Waals surface area contributed by atoms with Gasteiger partial charge < -0.3 is 15.0 Å². The van der Waals surface area contributed by atoms with Crippen molar-refractivity contribution in [1.82, 2.24) is 15.2 Å². The fourth-order valence-electron chi connectivity index (χ4n) is 3.34. The van der Waals surface area contributed by atoms with Crippen LogP contribution < -0.4 is 10.1 Å². The van der Waals surface area contributed by atoms with Crippen molar-refractivity contribution in [1.29, 1.82) is 0 Å². The van der Waals surface area contributed by atoms with Gasteiger partial charge in [0.05, 0.1) is 6.10 Å². The average molecular weight is 388 g/mol. The van der Waals surface area contributed by atoms with E-state index in [1.54, 1.807) is 0 Å². The molecule has 0 unspecified atom stereocenters. The zero-order chi connectivity index (χ0) is 19.2. The highest BCUT2D eigenvalue weighted by Gasteiger charge is 2.21. The molecule has 1 fully saturated rings. The molecule has 1 aromatic heterocycles. The number of hydrogen-bond donors (Lipinski definition) is 1. The van der Waals surface area contributed by atoms with Gasteiger partial charge in [0, 0.05) is 30.1 Å². The molecule has 2 aromatic rings. The minimum absolute atomic E-state index is 0.0637. The van der Waals surface area contributed by atoms with Crippen LogP contribution in [-0.4, -0.2) is 47.6 Å².